The highest BCUT2D eigenvalue weighted by molar-refractivity contribution is 4.84. The van der Waals surface area contributed by atoms with E-state index < -0.39 is 0 Å². The Labute approximate surface area is 75.7 Å². The molecule has 0 spiro atoms. The third kappa shape index (κ3) is 2.76. The molecule has 0 aromatic carbocycles. The topological polar surface area (TPSA) is 21.3 Å². The van der Waals surface area contributed by atoms with Gasteiger partial charge in [-0.05, 0) is 26.2 Å². The normalized spacial score (nSPS) is 37.2. The number of hydrogen-bond acceptors (Lipinski definition) is 2. The molecule has 1 aliphatic heterocycles. The van der Waals surface area contributed by atoms with Gasteiger partial charge < -0.3 is 10.1 Å². The number of rotatable bonds is 2. The van der Waals surface area contributed by atoms with E-state index in [9.17, 15) is 0 Å². The van der Waals surface area contributed by atoms with E-state index in [1.165, 1.54) is 0 Å². The Bertz CT molecular complexity index is 143. The minimum absolute atomic E-state index is 0.0613. The van der Waals surface area contributed by atoms with Crippen LogP contribution in [0.1, 0.15) is 34.1 Å². The zero-order valence-electron chi connectivity index (χ0n) is 8.68. The second-order valence-electron chi connectivity index (χ2n) is 4.61. The molecule has 1 saturated heterocycles. The van der Waals surface area contributed by atoms with Gasteiger partial charge in [0.15, 0.2) is 0 Å². The molecule has 0 aliphatic carbocycles. The van der Waals surface area contributed by atoms with Gasteiger partial charge in [0.05, 0.1) is 11.7 Å². The highest BCUT2D eigenvalue weighted by Crippen LogP contribution is 2.24. The van der Waals surface area contributed by atoms with E-state index >= 15 is 0 Å². The maximum absolute atomic E-state index is 5.92. The summed E-state index contributed by atoms with van der Waals surface area (Å²) in [6.45, 7) is 10.8. The smallest absolute Gasteiger partial charge is 0.0785 e. The maximum atomic E-state index is 5.92. The lowest BCUT2D eigenvalue weighted by Crippen LogP contribution is -2.51. The summed E-state index contributed by atoms with van der Waals surface area (Å²) in [5.41, 5.74) is 0.0613. The first-order chi connectivity index (χ1) is 5.52. The Morgan fingerprint density at radius 2 is 2.25 bits per heavy atom. The van der Waals surface area contributed by atoms with Gasteiger partial charge in [-0.3, -0.25) is 0 Å². The van der Waals surface area contributed by atoms with E-state index in [1.54, 1.807) is 0 Å². The largest absolute Gasteiger partial charge is 0.370 e. The summed E-state index contributed by atoms with van der Waals surface area (Å²) in [5, 5.41) is 3.41. The Kier molecular flexibility index (Phi) is 3.13. The van der Waals surface area contributed by atoms with Crippen molar-refractivity contribution >= 4 is 0 Å². The van der Waals surface area contributed by atoms with Crippen LogP contribution in [-0.2, 0) is 4.74 Å². The second kappa shape index (κ2) is 3.75. The van der Waals surface area contributed by atoms with Gasteiger partial charge in [0.1, 0.15) is 0 Å². The molecule has 2 unspecified atom stereocenters. The highest BCUT2D eigenvalue weighted by atomic mass is 16.5. The predicted octanol–water partition coefficient (Wildman–Crippen LogP) is 1.80. The molecule has 2 heteroatoms. The quantitative estimate of drug-likeness (QED) is 0.684. The van der Waals surface area contributed by atoms with E-state index in [-0.39, 0.29) is 5.60 Å². The van der Waals surface area contributed by atoms with Gasteiger partial charge in [-0.15, -0.1) is 0 Å². The van der Waals surface area contributed by atoms with Crippen LogP contribution >= 0.6 is 0 Å². The van der Waals surface area contributed by atoms with Crippen molar-refractivity contribution in [3.63, 3.8) is 0 Å². The molecule has 0 radical (unpaired) electrons. The summed E-state index contributed by atoms with van der Waals surface area (Å²) in [5.74, 6) is 0.710. The second-order valence-corrected chi connectivity index (χ2v) is 4.61. The minimum Gasteiger partial charge on any atom is -0.370 e. The van der Waals surface area contributed by atoms with E-state index in [1.807, 2.05) is 0 Å². The number of ether oxygens (including phenoxy) is 1. The van der Waals surface area contributed by atoms with Crippen LogP contribution in [0.3, 0.4) is 0 Å². The fourth-order valence-corrected chi connectivity index (χ4v) is 2.09. The maximum Gasteiger partial charge on any atom is 0.0785 e. The van der Waals surface area contributed by atoms with E-state index in [4.69, 9.17) is 4.74 Å². The van der Waals surface area contributed by atoms with Crippen LogP contribution in [0.4, 0.5) is 0 Å². The molecule has 0 saturated carbocycles. The molecule has 2 nitrogen and oxygen atoms in total. The van der Waals surface area contributed by atoms with Crippen molar-refractivity contribution in [2.45, 2.75) is 45.8 Å². The predicted molar refractivity (Wildman–Crippen MR) is 51.3 cm³/mol. The fraction of sp³-hybridized carbons (Fsp3) is 1.00. The van der Waals surface area contributed by atoms with E-state index in [0.717, 1.165) is 19.5 Å². The number of nitrogens with one attached hydrogen (secondary N) is 1. The van der Waals surface area contributed by atoms with E-state index in [0.29, 0.717) is 12.0 Å². The Hall–Kier alpha value is -0.0800. The van der Waals surface area contributed by atoms with Gasteiger partial charge in [-0.25, -0.2) is 0 Å². The molecule has 0 aromatic heterocycles. The van der Waals surface area contributed by atoms with Crippen molar-refractivity contribution in [1.29, 1.82) is 0 Å². The molecule has 1 N–H and O–H groups in total. The lowest BCUT2D eigenvalue weighted by atomic mass is 9.92. The van der Waals surface area contributed by atoms with Crippen molar-refractivity contribution in [1.82, 2.24) is 5.32 Å². The van der Waals surface area contributed by atoms with Crippen LogP contribution in [0.25, 0.3) is 0 Å². The molecular weight excluding hydrogens is 150 g/mol. The molecule has 12 heavy (non-hydrogen) atoms. The zero-order chi connectivity index (χ0) is 9.19. The first kappa shape index (κ1) is 10.0. The molecular formula is C10H21NO. The van der Waals surface area contributed by atoms with Crippen LogP contribution < -0.4 is 5.32 Å². The van der Waals surface area contributed by atoms with Crippen molar-refractivity contribution in [2.75, 3.05) is 13.1 Å². The van der Waals surface area contributed by atoms with E-state index in [2.05, 4.69) is 33.0 Å². The van der Waals surface area contributed by atoms with Gasteiger partial charge >= 0.3 is 0 Å². The molecule has 2 atom stereocenters. The standard InChI is InChI=1S/C10H21NO/c1-8(2)5-10(4)7-11-6-9(3)12-10/h8-9,11H,5-7H2,1-4H3. The van der Waals surface area contributed by atoms with Gasteiger partial charge in [0, 0.05) is 13.1 Å². The first-order valence-electron chi connectivity index (χ1n) is 4.90. The molecule has 1 fully saturated rings. The van der Waals surface area contributed by atoms with Gasteiger partial charge in [0.2, 0.25) is 0 Å². The summed E-state index contributed by atoms with van der Waals surface area (Å²) >= 11 is 0. The van der Waals surface area contributed by atoms with Gasteiger partial charge in [-0.2, -0.15) is 0 Å². The molecule has 1 rings (SSSR count). The molecule has 0 amide bonds. The van der Waals surface area contributed by atoms with Crippen LogP contribution in [-0.4, -0.2) is 24.8 Å². The number of morpholine rings is 1. The van der Waals surface area contributed by atoms with Crippen molar-refractivity contribution in [3.05, 3.63) is 0 Å². The molecule has 72 valence electrons. The zero-order valence-corrected chi connectivity index (χ0v) is 8.68. The Morgan fingerprint density at radius 1 is 1.58 bits per heavy atom. The number of hydrogen-bond donors (Lipinski definition) is 1. The summed E-state index contributed by atoms with van der Waals surface area (Å²) in [6.07, 6.45) is 1.51. The summed E-state index contributed by atoms with van der Waals surface area (Å²) in [7, 11) is 0. The minimum atomic E-state index is 0.0613. The van der Waals surface area contributed by atoms with Crippen LogP contribution in [0.15, 0.2) is 0 Å². The third-order valence-electron chi connectivity index (χ3n) is 2.26. The summed E-state index contributed by atoms with van der Waals surface area (Å²) in [4.78, 5) is 0. The molecule has 1 aliphatic rings. The summed E-state index contributed by atoms with van der Waals surface area (Å²) < 4.78 is 5.92. The van der Waals surface area contributed by atoms with Crippen molar-refractivity contribution < 1.29 is 4.74 Å². The third-order valence-corrected chi connectivity index (χ3v) is 2.26. The van der Waals surface area contributed by atoms with Crippen LogP contribution in [0.2, 0.25) is 0 Å². The Morgan fingerprint density at radius 3 is 2.75 bits per heavy atom. The molecule has 0 aromatic rings. The van der Waals surface area contributed by atoms with Gasteiger partial charge in [0.25, 0.3) is 0 Å². The highest BCUT2D eigenvalue weighted by Gasteiger charge is 2.31. The average molecular weight is 171 g/mol. The fourth-order valence-electron chi connectivity index (χ4n) is 2.09. The van der Waals surface area contributed by atoms with Crippen LogP contribution in [0, 0.1) is 5.92 Å². The van der Waals surface area contributed by atoms with Gasteiger partial charge in [-0.1, -0.05) is 13.8 Å². The SMILES string of the molecule is CC(C)CC1(C)CNCC(C)O1. The van der Waals surface area contributed by atoms with Crippen LogP contribution in [0.5, 0.6) is 0 Å². The monoisotopic (exact) mass is 171 g/mol. The Balaban J connectivity index is 2.45. The molecule has 1 heterocycles. The first-order valence-corrected chi connectivity index (χ1v) is 4.90. The average Bonchev–Trinajstić information content (AvgIpc) is 1.82. The molecule has 0 bridgehead atoms. The lowest BCUT2D eigenvalue weighted by Gasteiger charge is -2.39. The lowest BCUT2D eigenvalue weighted by molar-refractivity contribution is -0.107. The van der Waals surface area contributed by atoms with Crippen molar-refractivity contribution in [2.24, 2.45) is 5.92 Å². The van der Waals surface area contributed by atoms with Crippen molar-refractivity contribution in [3.8, 4) is 0 Å². The summed E-state index contributed by atoms with van der Waals surface area (Å²) in [6, 6.07) is 0.